The van der Waals surface area contributed by atoms with Crippen LogP contribution in [0.25, 0.3) is 0 Å². The number of rotatable bonds is 3. The Morgan fingerprint density at radius 3 is 2.29 bits per heavy atom. The van der Waals surface area contributed by atoms with Crippen molar-refractivity contribution < 1.29 is 4.79 Å². The van der Waals surface area contributed by atoms with Crippen molar-refractivity contribution >= 4 is 6.41 Å². The zero-order valence-electron chi connectivity index (χ0n) is 11.5. The molecule has 1 N–H and O–H groups in total. The maximum absolute atomic E-state index is 9.54. The molecular formula is C15H25NO. The number of carbonyl (C=O) groups is 1. The van der Waals surface area contributed by atoms with Crippen LogP contribution in [0.15, 0.2) is 24.3 Å². The van der Waals surface area contributed by atoms with Gasteiger partial charge in [0.15, 0.2) is 0 Å². The summed E-state index contributed by atoms with van der Waals surface area (Å²) in [5.41, 5.74) is 2.78. The molecular weight excluding hydrogens is 210 g/mol. The molecule has 0 bridgehead atoms. The van der Waals surface area contributed by atoms with Crippen LogP contribution in [-0.2, 0) is 11.2 Å². The van der Waals surface area contributed by atoms with E-state index >= 15 is 0 Å². The van der Waals surface area contributed by atoms with E-state index in [1.54, 1.807) is 0 Å². The fraction of sp³-hybridized carbons (Fsp3) is 0.533. The highest BCUT2D eigenvalue weighted by molar-refractivity contribution is 5.47. The standard InChI is InChI=1S/C9H12.C4H7NO.C2H6/c1-3-9-6-4-5-8(2)7-9;6-3-5-4-1-2-4;1-2/h4-7H,3H2,1-2H3;3-4H,1-2H2,(H,5,6);1-2H3. The third kappa shape index (κ3) is 8.49. The number of hydrogen-bond acceptors (Lipinski definition) is 1. The van der Waals surface area contributed by atoms with Crippen LogP contribution in [-0.4, -0.2) is 12.5 Å². The van der Waals surface area contributed by atoms with E-state index in [-0.39, 0.29) is 0 Å². The van der Waals surface area contributed by atoms with Crippen molar-refractivity contribution in [2.75, 3.05) is 0 Å². The zero-order chi connectivity index (χ0) is 13.1. The van der Waals surface area contributed by atoms with Gasteiger partial charge < -0.3 is 5.32 Å². The van der Waals surface area contributed by atoms with Gasteiger partial charge >= 0.3 is 0 Å². The minimum absolute atomic E-state index is 0.530. The van der Waals surface area contributed by atoms with Crippen LogP contribution in [0.3, 0.4) is 0 Å². The molecule has 0 radical (unpaired) electrons. The molecule has 2 nitrogen and oxygen atoms in total. The summed E-state index contributed by atoms with van der Waals surface area (Å²) in [6.45, 7) is 8.30. The van der Waals surface area contributed by atoms with Gasteiger partial charge in [-0.15, -0.1) is 0 Å². The molecule has 1 aliphatic rings. The minimum atomic E-state index is 0.530. The molecule has 2 rings (SSSR count). The van der Waals surface area contributed by atoms with Crippen LogP contribution >= 0.6 is 0 Å². The lowest BCUT2D eigenvalue weighted by Gasteiger charge is -1.95. The maximum Gasteiger partial charge on any atom is 0.207 e. The summed E-state index contributed by atoms with van der Waals surface area (Å²) in [5.74, 6) is 0. The molecule has 17 heavy (non-hydrogen) atoms. The molecule has 0 heterocycles. The van der Waals surface area contributed by atoms with Crippen LogP contribution in [0.4, 0.5) is 0 Å². The van der Waals surface area contributed by atoms with E-state index in [1.165, 1.54) is 24.0 Å². The van der Waals surface area contributed by atoms with Gasteiger partial charge in [-0.05, 0) is 31.7 Å². The van der Waals surface area contributed by atoms with E-state index in [1.807, 2.05) is 13.8 Å². The van der Waals surface area contributed by atoms with Crippen LogP contribution in [0.2, 0.25) is 0 Å². The number of benzene rings is 1. The van der Waals surface area contributed by atoms with E-state index in [4.69, 9.17) is 0 Å². The number of hydrogen-bond donors (Lipinski definition) is 1. The second kappa shape index (κ2) is 9.88. The summed E-state index contributed by atoms with van der Waals surface area (Å²) in [6.07, 6.45) is 4.26. The molecule has 1 saturated carbocycles. The fourth-order valence-corrected chi connectivity index (χ4v) is 1.28. The molecule has 0 atom stereocenters. The Morgan fingerprint density at radius 2 is 2.00 bits per heavy atom. The van der Waals surface area contributed by atoms with Crippen LogP contribution in [0.5, 0.6) is 0 Å². The van der Waals surface area contributed by atoms with Crippen LogP contribution < -0.4 is 5.32 Å². The van der Waals surface area contributed by atoms with Gasteiger partial charge in [-0.1, -0.05) is 50.6 Å². The normalized spacial score (nSPS) is 12.5. The van der Waals surface area contributed by atoms with E-state index in [0.717, 1.165) is 12.8 Å². The Hall–Kier alpha value is -1.31. The first-order chi connectivity index (χ1) is 8.26. The highest BCUT2D eigenvalue weighted by Crippen LogP contribution is 2.17. The van der Waals surface area contributed by atoms with Gasteiger partial charge in [-0.25, -0.2) is 0 Å². The molecule has 1 fully saturated rings. The van der Waals surface area contributed by atoms with Gasteiger partial charge in [0.05, 0.1) is 0 Å². The average Bonchev–Trinajstić information content (AvgIpc) is 3.17. The largest absolute Gasteiger partial charge is 0.356 e. The van der Waals surface area contributed by atoms with E-state index in [0.29, 0.717) is 6.04 Å². The average molecular weight is 235 g/mol. The van der Waals surface area contributed by atoms with Gasteiger partial charge in [-0.2, -0.15) is 0 Å². The third-order valence-corrected chi connectivity index (χ3v) is 2.37. The number of amides is 1. The first-order valence-electron chi connectivity index (χ1n) is 6.51. The van der Waals surface area contributed by atoms with E-state index in [9.17, 15) is 4.79 Å². The molecule has 1 aliphatic carbocycles. The number of carbonyl (C=O) groups excluding carboxylic acids is 1. The van der Waals surface area contributed by atoms with Crippen molar-refractivity contribution in [2.45, 2.75) is 53.0 Å². The van der Waals surface area contributed by atoms with Gasteiger partial charge in [0, 0.05) is 6.04 Å². The summed E-state index contributed by atoms with van der Waals surface area (Å²) in [7, 11) is 0. The summed E-state index contributed by atoms with van der Waals surface area (Å²) >= 11 is 0. The number of aryl methyl sites for hydroxylation is 2. The molecule has 0 saturated heterocycles. The monoisotopic (exact) mass is 235 g/mol. The molecule has 1 amide bonds. The van der Waals surface area contributed by atoms with Gasteiger partial charge in [0.25, 0.3) is 0 Å². The summed E-state index contributed by atoms with van der Waals surface area (Å²) in [5, 5.41) is 2.64. The Balaban J connectivity index is 0.000000278. The Labute approximate surface area is 105 Å². The van der Waals surface area contributed by atoms with Crippen molar-refractivity contribution in [3.8, 4) is 0 Å². The van der Waals surface area contributed by atoms with Crippen molar-refractivity contribution in [3.05, 3.63) is 35.4 Å². The van der Waals surface area contributed by atoms with Gasteiger partial charge in [0.2, 0.25) is 6.41 Å². The second-order valence-electron chi connectivity index (χ2n) is 3.90. The smallest absolute Gasteiger partial charge is 0.207 e. The van der Waals surface area contributed by atoms with Gasteiger partial charge in [-0.3, -0.25) is 4.79 Å². The van der Waals surface area contributed by atoms with Crippen LogP contribution in [0.1, 0.15) is 44.7 Å². The van der Waals surface area contributed by atoms with Crippen molar-refractivity contribution in [3.63, 3.8) is 0 Å². The lowest BCUT2D eigenvalue weighted by Crippen LogP contribution is -2.11. The first kappa shape index (κ1) is 15.7. The topological polar surface area (TPSA) is 29.1 Å². The molecule has 1 aromatic carbocycles. The second-order valence-corrected chi connectivity index (χ2v) is 3.90. The molecule has 0 unspecified atom stereocenters. The molecule has 0 aliphatic heterocycles. The molecule has 0 spiro atoms. The minimum Gasteiger partial charge on any atom is -0.356 e. The Bertz CT molecular complexity index is 306. The van der Waals surface area contributed by atoms with E-state index < -0.39 is 0 Å². The molecule has 96 valence electrons. The maximum atomic E-state index is 9.54. The Morgan fingerprint density at radius 1 is 1.35 bits per heavy atom. The number of nitrogens with one attached hydrogen (secondary N) is 1. The third-order valence-electron chi connectivity index (χ3n) is 2.37. The van der Waals surface area contributed by atoms with Crippen molar-refractivity contribution in [1.29, 1.82) is 0 Å². The predicted molar refractivity (Wildman–Crippen MR) is 74.1 cm³/mol. The summed E-state index contributed by atoms with van der Waals surface area (Å²) < 4.78 is 0. The lowest BCUT2D eigenvalue weighted by molar-refractivity contribution is -0.109. The SMILES string of the molecule is CC.CCc1cccc(C)c1.O=CNC1CC1. The quantitative estimate of drug-likeness (QED) is 0.798. The Kier molecular flexibility index (Phi) is 9.12. The molecule has 0 aromatic heterocycles. The highest BCUT2D eigenvalue weighted by Gasteiger charge is 2.18. The zero-order valence-corrected chi connectivity index (χ0v) is 11.5. The lowest BCUT2D eigenvalue weighted by atomic mass is 10.1. The molecule has 2 heteroatoms. The summed E-state index contributed by atoms with van der Waals surface area (Å²) in [4.78, 5) is 9.54. The molecule has 1 aromatic rings. The predicted octanol–water partition coefficient (Wildman–Crippen LogP) is 3.48. The van der Waals surface area contributed by atoms with Crippen molar-refractivity contribution in [1.82, 2.24) is 5.32 Å². The van der Waals surface area contributed by atoms with Crippen LogP contribution in [0, 0.1) is 6.92 Å². The first-order valence-corrected chi connectivity index (χ1v) is 6.51. The van der Waals surface area contributed by atoms with Gasteiger partial charge in [0.1, 0.15) is 0 Å². The highest BCUT2D eigenvalue weighted by atomic mass is 16.1. The summed E-state index contributed by atoms with van der Waals surface area (Å²) in [6, 6.07) is 9.14. The fourth-order valence-electron chi connectivity index (χ4n) is 1.28. The van der Waals surface area contributed by atoms with Crippen molar-refractivity contribution in [2.24, 2.45) is 0 Å². The van der Waals surface area contributed by atoms with E-state index in [2.05, 4.69) is 43.4 Å².